The molecule has 2 aromatic heterocycles. The van der Waals surface area contributed by atoms with Gasteiger partial charge < -0.3 is 4.42 Å². The Kier molecular flexibility index (Phi) is 3.70. The van der Waals surface area contributed by atoms with Crippen molar-refractivity contribution in [1.82, 2.24) is 30.4 Å². The molecule has 0 aliphatic heterocycles. The third-order valence-corrected chi connectivity index (χ3v) is 3.69. The van der Waals surface area contributed by atoms with Gasteiger partial charge in [0.2, 0.25) is 16.9 Å². The molecule has 0 radical (unpaired) electrons. The van der Waals surface area contributed by atoms with Gasteiger partial charge >= 0.3 is 0 Å². The van der Waals surface area contributed by atoms with Gasteiger partial charge in [-0.3, -0.25) is 0 Å². The predicted molar refractivity (Wildman–Crippen MR) is 77.2 cm³/mol. The summed E-state index contributed by atoms with van der Waals surface area (Å²) in [4.78, 5) is 0. The van der Waals surface area contributed by atoms with Crippen molar-refractivity contribution in [3.05, 3.63) is 41.1 Å². The third kappa shape index (κ3) is 3.10. The fourth-order valence-electron chi connectivity index (χ4n) is 2.03. The van der Waals surface area contributed by atoms with E-state index in [0.717, 1.165) is 5.69 Å². The maximum atomic E-state index is 5.34. The van der Waals surface area contributed by atoms with Gasteiger partial charge in [-0.05, 0) is 47.5 Å². The fraction of sp³-hybridized carbons (Fsp3) is 0.308. The molecule has 0 bridgehead atoms. The first kappa shape index (κ1) is 13.7. The Bertz CT molecular complexity index is 745. The van der Waals surface area contributed by atoms with E-state index >= 15 is 0 Å². The number of benzene rings is 1. The van der Waals surface area contributed by atoms with Crippen LogP contribution < -0.4 is 0 Å². The highest BCUT2D eigenvalue weighted by Crippen LogP contribution is 2.22. The van der Waals surface area contributed by atoms with Gasteiger partial charge in [-0.1, -0.05) is 17.8 Å². The average molecular weight is 302 g/mol. The first-order valence-electron chi connectivity index (χ1n) is 6.40. The fourth-order valence-corrected chi connectivity index (χ4v) is 2.75. The SMILES string of the molecule is Cc1cc(C)cc(-n2nnnc2SCc2nnc(C)o2)c1. The van der Waals surface area contributed by atoms with Crippen LogP contribution in [0.15, 0.2) is 27.8 Å². The highest BCUT2D eigenvalue weighted by molar-refractivity contribution is 7.98. The van der Waals surface area contributed by atoms with Crippen LogP contribution in [0.4, 0.5) is 0 Å². The summed E-state index contributed by atoms with van der Waals surface area (Å²) in [5, 5.41) is 20.3. The van der Waals surface area contributed by atoms with Crippen LogP contribution in [0.25, 0.3) is 5.69 Å². The molecule has 108 valence electrons. The lowest BCUT2D eigenvalue weighted by atomic mass is 10.1. The Morgan fingerprint density at radius 1 is 1.05 bits per heavy atom. The van der Waals surface area contributed by atoms with Crippen molar-refractivity contribution in [2.24, 2.45) is 0 Å². The van der Waals surface area contributed by atoms with Gasteiger partial charge in [0.25, 0.3) is 0 Å². The number of aryl methyl sites for hydroxylation is 3. The minimum atomic E-state index is 0.534. The summed E-state index contributed by atoms with van der Waals surface area (Å²) in [6.45, 7) is 5.87. The zero-order valence-electron chi connectivity index (χ0n) is 11.9. The Hall–Kier alpha value is -2.22. The Morgan fingerprint density at radius 3 is 2.48 bits per heavy atom. The molecule has 0 N–H and O–H groups in total. The summed E-state index contributed by atoms with van der Waals surface area (Å²) in [5.41, 5.74) is 3.29. The number of nitrogens with zero attached hydrogens (tertiary/aromatic N) is 6. The van der Waals surface area contributed by atoms with Crippen LogP contribution in [-0.4, -0.2) is 30.4 Å². The van der Waals surface area contributed by atoms with Crippen LogP contribution in [0, 0.1) is 20.8 Å². The molecule has 0 saturated heterocycles. The molecule has 3 rings (SSSR count). The molecule has 0 spiro atoms. The van der Waals surface area contributed by atoms with Gasteiger partial charge in [0.15, 0.2) is 0 Å². The molecule has 3 aromatic rings. The van der Waals surface area contributed by atoms with E-state index in [2.05, 4.69) is 45.6 Å². The van der Waals surface area contributed by atoms with E-state index in [4.69, 9.17) is 4.42 Å². The second-order valence-corrected chi connectivity index (χ2v) is 5.67. The van der Waals surface area contributed by atoms with E-state index in [9.17, 15) is 0 Å². The van der Waals surface area contributed by atoms with Gasteiger partial charge in [0, 0.05) is 6.92 Å². The van der Waals surface area contributed by atoms with Gasteiger partial charge in [-0.25, -0.2) is 0 Å². The van der Waals surface area contributed by atoms with E-state index in [-0.39, 0.29) is 0 Å². The van der Waals surface area contributed by atoms with Crippen LogP contribution in [0.1, 0.15) is 22.9 Å². The third-order valence-electron chi connectivity index (χ3n) is 2.78. The van der Waals surface area contributed by atoms with Gasteiger partial charge in [-0.15, -0.1) is 15.3 Å². The van der Waals surface area contributed by atoms with E-state index in [1.807, 2.05) is 12.1 Å². The van der Waals surface area contributed by atoms with Crippen LogP contribution in [0.2, 0.25) is 0 Å². The minimum absolute atomic E-state index is 0.534. The van der Waals surface area contributed by atoms with Crippen molar-refractivity contribution in [3.8, 4) is 5.69 Å². The Balaban J connectivity index is 1.83. The molecule has 8 heteroatoms. The average Bonchev–Trinajstić information content (AvgIpc) is 3.03. The van der Waals surface area contributed by atoms with Crippen molar-refractivity contribution in [3.63, 3.8) is 0 Å². The summed E-state index contributed by atoms with van der Waals surface area (Å²) >= 11 is 1.46. The second-order valence-electron chi connectivity index (χ2n) is 4.72. The van der Waals surface area contributed by atoms with Crippen LogP contribution in [0.3, 0.4) is 0 Å². The molecule has 7 nitrogen and oxygen atoms in total. The lowest BCUT2D eigenvalue weighted by Crippen LogP contribution is -2.00. The van der Waals surface area contributed by atoms with Crippen molar-refractivity contribution >= 4 is 11.8 Å². The molecule has 0 unspecified atom stereocenters. The van der Waals surface area contributed by atoms with Gasteiger partial charge in [0.1, 0.15) is 0 Å². The van der Waals surface area contributed by atoms with Gasteiger partial charge in [-0.2, -0.15) is 4.68 Å². The molecule has 21 heavy (non-hydrogen) atoms. The Morgan fingerprint density at radius 2 is 1.81 bits per heavy atom. The normalized spacial score (nSPS) is 11.0. The maximum Gasteiger partial charge on any atom is 0.226 e. The monoisotopic (exact) mass is 302 g/mol. The molecule has 0 saturated carbocycles. The van der Waals surface area contributed by atoms with E-state index in [0.29, 0.717) is 22.7 Å². The smallest absolute Gasteiger partial charge is 0.226 e. The molecule has 0 amide bonds. The highest BCUT2D eigenvalue weighted by Gasteiger charge is 2.12. The summed E-state index contributed by atoms with van der Waals surface area (Å²) in [5.74, 6) is 1.65. The second kappa shape index (κ2) is 5.65. The molecule has 0 fully saturated rings. The highest BCUT2D eigenvalue weighted by atomic mass is 32.2. The van der Waals surface area contributed by atoms with Crippen LogP contribution in [-0.2, 0) is 5.75 Å². The van der Waals surface area contributed by atoms with Crippen molar-refractivity contribution < 1.29 is 4.42 Å². The number of hydrogen-bond donors (Lipinski definition) is 0. The molecule has 0 aliphatic rings. The largest absolute Gasteiger partial charge is 0.425 e. The number of rotatable bonds is 4. The number of tetrazole rings is 1. The minimum Gasteiger partial charge on any atom is -0.425 e. The zero-order valence-corrected chi connectivity index (χ0v) is 12.8. The molecule has 1 aromatic carbocycles. The Labute approximate surface area is 125 Å². The molecule has 2 heterocycles. The maximum absolute atomic E-state index is 5.34. The summed E-state index contributed by atoms with van der Waals surface area (Å²) < 4.78 is 7.06. The molecular weight excluding hydrogens is 288 g/mol. The van der Waals surface area contributed by atoms with Crippen LogP contribution >= 0.6 is 11.8 Å². The van der Waals surface area contributed by atoms with Gasteiger partial charge in [0.05, 0.1) is 11.4 Å². The first-order chi connectivity index (χ1) is 10.1. The standard InChI is InChI=1S/C13H14N6OS/c1-8-4-9(2)6-11(5-8)19-13(16-17-18-19)21-7-12-15-14-10(3)20-12/h4-6H,7H2,1-3H3. The topological polar surface area (TPSA) is 82.5 Å². The lowest BCUT2D eigenvalue weighted by Gasteiger charge is -2.06. The van der Waals surface area contributed by atoms with Crippen molar-refractivity contribution in [2.75, 3.05) is 0 Å². The number of aromatic nitrogens is 6. The summed E-state index contributed by atoms with van der Waals surface area (Å²) in [6, 6.07) is 6.20. The summed E-state index contributed by atoms with van der Waals surface area (Å²) in [7, 11) is 0. The van der Waals surface area contributed by atoms with Crippen molar-refractivity contribution in [1.29, 1.82) is 0 Å². The van der Waals surface area contributed by atoms with Crippen molar-refractivity contribution in [2.45, 2.75) is 31.7 Å². The number of hydrogen-bond acceptors (Lipinski definition) is 7. The molecule has 0 atom stereocenters. The quantitative estimate of drug-likeness (QED) is 0.683. The predicted octanol–water partition coefficient (Wildman–Crippen LogP) is 2.26. The van der Waals surface area contributed by atoms with Crippen LogP contribution in [0.5, 0.6) is 0 Å². The number of thioether (sulfide) groups is 1. The molecule has 0 aliphatic carbocycles. The molecular formula is C13H14N6OS. The lowest BCUT2D eigenvalue weighted by molar-refractivity contribution is 0.485. The van der Waals surface area contributed by atoms with E-state index in [1.54, 1.807) is 11.6 Å². The summed E-state index contributed by atoms with van der Waals surface area (Å²) in [6.07, 6.45) is 0. The zero-order chi connectivity index (χ0) is 14.8. The van der Waals surface area contributed by atoms with E-state index < -0.39 is 0 Å². The van der Waals surface area contributed by atoms with E-state index in [1.165, 1.54) is 22.9 Å². The first-order valence-corrected chi connectivity index (χ1v) is 7.39.